The van der Waals surface area contributed by atoms with Gasteiger partial charge in [-0.05, 0) is 34.6 Å². The minimum Gasteiger partial charge on any atom is -0.462 e. The molecule has 0 spiro atoms. The van der Waals surface area contributed by atoms with Crippen LogP contribution in [0.2, 0.25) is 0 Å². The highest BCUT2D eigenvalue weighted by Crippen LogP contribution is 2.31. The molecule has 0 fully saturated rings. The lowest BCUT2D eigenvalue weighted by molar-refractivity contribution is 0.0517. The maximum atomic E-state index is 12.4. The Morgan fingerprint density at radius 2 is 1.70 bits per heavy atom. The third-order valence-electron chi connectivity index (χ3n) is 3.55. The largest absolute Gasteiger partial charge is 0.462 e. The first-order chi connectivity index (χ1) is 12.8. The van der Waals surface area contributed by atoms with E-state index in [2.05, 4.69) is 15.3 Å². The molecule has 2 aromatic heterocycles. The van der Waals surface area contributed by atoms with Gasteiger partial charge in [0.2, 0.25) is 5.88 Å². The molecule has 0 unspecified atom stereocenters. The van der Waals surface area contributed by atoms with Crippen LogP contribution >= 0.6 is 0 Å². The van der Waals surface area contributed by atoms with Gasteiger partial charge in [-0.25, -0.2) is 19.6 Å². The third-order valence-corrected chi connectivity index (χ3v) is 3.55. The number of carbonyl (C=O) groups is 3. The average Bonchev–Trinajstić information content (AvgIpc) is 2.91. The zero-order chi connectivity index (χ0) is 20.1. The van der Waals surface area contributed by atoms with Gasteiger partial charge in [-0.3, -0.25) is 4.79 Å². The molecule has 0 amide bonds. The Morgan fingerprint density at radius 3 is 2.30 bits per heavy atom. The first kappa shape index (κ1) is 20.1. The number of nitrogens with one attached hydrogen (secondary N) is 1. The van der Waals surface area contributed by atoms with Crippen molar-refractivity contribution in [1.29, 1.82) is 0 Å². The summed E-state index contributed by atoms with van der Waals surface area (Å²) >= 11 is 0. The smallest absolute Gasteiger partial charge is 0.344 e. The van der Waals surface area contributed by atoms with Crippen LogP contribution in [0.1, 0.15) is 63.4 Å². The lowest BCUT2D eigenvalue weighted by Gasteiger charge is -2.10. The maximum Gasteiger partial charge on any atom is 0.344 e. The van der Waals surface area contributed by atoms with E-state index in [-0.39, 0.29) is 53.1 Å². The van der Waals surface area contributed by atoms with Crippen molar-refractivity contribution in [2.45, 2.75) is 34.6 Å². The SMILES string of the molecule is CCOC(=O)c1cnc(C)nc1Nc1oc(C)c(C(C)=O)c1C(=O)OCC. The zero-order valence-electron chi connectivity index (χ0n) is 15.8. The van der Waals surface area contributed by atoms with Crippen molar-refractivity contribution in [3.63, 3.8) is 0 Å². The number of hydrogen-bond acceptors (Lipinski definition) is 9. The van der Waals surface area contributed by atoms with E-state index in [1.54, 1.807) is 27.7 Å². The van der Waals surface area contributed by atoms with E-state index in [1.807, 2.05) is 0 Å². The molecular weight excluding hydrogens is 354 g/mol. The number of Topliss-reactive ketones (excluding diaryl/α,β-unsaturated/α-hetero) is 1. The molecule has 0 bridgehead atoms. The number of rotatable bonds is 7. The number of esters is 2. The third kappa shape index (κ3) is 4.30. The van der Waals surface area contributed by atoms with Crippen molar-refractivity contribution in [3.8, 4) is 0 Å². The fourth-order valence-corrected chi connectivity index (χ4v) is 2.49. The Hall–Kier alpha value is -3.23. The summed E-state index contributed by atoms with van der Waals surface area (Å²) in [5, 5.41) is 2.81. The average molecular weight is 375 g/mol. The number of ketones is 1. The summed E-state index contributed by atoms with van der Waals surface area (Å²) in [6, 6.07) is 0. The Morgan fingerprint density at radius 1 is 1.07 bits per heavy atom. The zero-order valence-corrected chi connectivity index (χ0v) is 15.8. The van der Waals surface area contributed by atoms with Crippen molar-refractivity contribution >= 4 is 29.4 Å². The molecule has 0 saturated carbocycles. The minimum atomic E-state index is -0.717. The topological polar surface area (TPSA) is 121 Å². The second-order valence-corrected chi connectivity index (χ2v) is 5.54. The molecular formula is C18H21N3O6. The van der Waals surface area contributed by atoms with Crippen LogP contribution in [0.25, 0.3) is 0 Å². The quantitative estimate of drug-likeness (QED) is 0.575. The maximum absolute atomic E-state index is 12.4. The van der Waals surface area contributed by atoms with Gasteiger partial charge >= 0.3 is 11.9 Å². The standard InChI is InChI=1S/C18H21N3O6/c1-6-25-17(23)12-8-19-11(5)20-15(12)21-16-14(18(24)26-7-2)13(9(3)22)10(4)27-16/h8H,6-7H2,1-5H3,(H,19,20,21). The summed E-state index contributed by atoms with van der Waals surface area (Å²) in [7, 11) is 0. The van der Waals surface area contributed by atoms with Crippen molar-refractivity contribution < 1.29 is 28.3 Å². The van der Waals surface area contributed by atoms with Crippen molar-refractivity contribution in [2.24, 2.45) is 0 Å². The summed E-state index contributed by atoms with van der Waals surface area (Å²) in [6.07, 6.45) is 1.31. The first-order valence-corrected chi connectivity index (χ1v) is 8.39. The van der Waals surface area contributed by atoms with Gasteiger partial charge in [0.05, 0.1) is 18.8 Å². The Balaban J connectivity index is 2.56. The number of aromatic nitrogens is 2. The van der Waals surface area contributed by atoms with Crippen LogP contribution in [0.5, 0.6) is 0 Å². The number of aryl methyl sites for hydroxylation is 2. The number of ether oxygens (including phenoxy) is 2. The van der Waals surface area contributed by atoms with Crippen molar-refractivity contribution in [3.05, 3.63) is 34.5 Å². The van der Waals surface area contributed by atoms with E-state index in [1.165, 1.54) is 13.1 Å². The monoisotopic (exact) mass is 375 g/mol. The normalized spacial score (nSPS) is 10.4. The van der Waals surface area contributed by atoms with Crippen LogP contribution in [-0.2, 0) is 9.47 Å². The Kier molecular flexibility index (Phi) is 6.27. The van der Waals surface area contributed by atoms with Crippen molar-refractivity contribution in [2.75, 3.05) is 18.5 Å². The molecule has 2 aromatic rings. The molecule has 2 rings (SSSR count). The van der Waals surface area contributed by atoms with E-state index in [9.17, 15) is 14.4 Å². The summed E-state index contributed by atoms with van der Waals surface area (Å²) in [5.41, 5.74) is 0.128. The number of hydrogen-bond donors (Lipinski definition) is 1. The van der Waals surface area contributed by atoms with Crippen LogP contribution in [0.15, 0.2) is 10.6 Å². The molecule has 9 nitrogen and oxygen atoms in total. The second-order valence-electron chi connectivity index (χ2n) is 5.54. The molecule has 0 atom stereocenters. The second kappa shape index (κ2) is 8.43. The number of anilines is 2. The van der Waals surface area contributed by atoms with Crippen LogP contribution in [-0.4, -0.2) is 40.9 Å². The molecule has 0 aliphatic carbocycles. The predicted molar refractivity (Wildman–Crippen MR) is 95.4 cm³/mol. The molecule has 144 valence electrons. The lowest BCUT2D eigenvalue weighted by atomic mass is 10.1. The van der Waals surface area contributed by atoms with Gasteiger partial charge in [-0.15, -0.1) is 0 Å². The number of furan rings is 1. The lowest BCUT2D eigenvalue weighted by Crippen LogP contribution is -2.14. The van der Waals surface area contributed by atoms with E-state index in [4.69, 9.17) is 13.9 Å². The number of nitrogens with zero attached hydrogens (tertiary/aromatic N) is 2. The summed E-state index contributed by atoms with van der Waals surface area (Å²) < 4.78 is 15.6. The molecule has 0 saturated heterocycles. The van der Waals surface area contributed by atoms with Crippen LogP contribution < -0.4 is 5.32 Å². The van der Waals surface area contributed by atoms with Gasteiger partial charge in [0.25, 0.3) is 0 Å². The highest BCUT2D eigenvalue weighted by molar-refractivity contribution is 6.09. The van der Waals surface area contributed by atoms with E-state index in [0.717, 1.165) is 0 Å². The summed E-state index contributed by atoms with van der Waals surface area (Å²) in [6.45, 7) is 8.15. The fourth-order valence-electron chi connectivity index (χ4n) is 2.49. The van der Waals surface area contributed by atoms with Gasteiger partial charge in [-0.2, -0.15) is 0 Å². The van der Waals surface area contributed by atoms with Gasteiger partial charge < -0.3 is 19.2 Å². The highest BCUT2D eigenvalue weighted by atomic mass is 16.5. The molecule has 0 radical (unpaired) electrons. The van der Waals surface area contributed by atoms with Gasteiger partial charge in [-0.1, -0.05) is 0 Å². The summed E-state index contributed by atoms with van der Waals surface area (Å²) in [4.78, 5) is 44.7. The highest BCUT2D eigenvalue weighted by Gasteiger charge is 2.29. The number of carbonyl (C=O) groups excluding carboxylic acids is 3. The van der Waals surface area contributed by atoms with E-state index in [0.29, 0.717) is 5.82 Å². The Bertz CT molecular complexity index is 887. The van der Waals surface area contributed by atoms with E-state index < -0.39 is 11.9 Å². The molecule has 27 heavy (non-hydrogen) atoms. The molecule has 1 N–H and O–H groups in total. The molecule has 0 aliphatic rings. The van der Waals surface area contributed by atoms with Gasteiger partial charge in [0.15, 0.2) is 11.6 Å². The minimum absolute atomic E-state index is 0.0419. The molecule has 0 aromatic carbocycles. The van der Waals surface area contributed by atoms with Crippen LogP contribution in [0, 0.1) is 13.8 Å². The van der Waals surface area contributed by atoms with Gasteiger partial charge in [0.1, 0.15) is 22.7 Å². The molecule has 9 heteroatoms. The summed E-state index contributed by atoms with van der Waals surface area (Å²) in [5.74, 6) is -1.01. The Labute approximate surface area is 156 Å². The molecule has 2 heterocycles. The van der Waals surface area contributed by atoms with E-state index >= 15 is 0 Å². The fraction of sp³-hybridized carbons (Fsp3) is 0.389. The first-order valence-electron chi connectivity index (χ1n) is 8.39. The van der Waals surface area contributed by atoms with Crippen LogP contribution in [0.4, 0.5) is 11.7 Å². The predicted octanol–water partition coefficient (Wildman–Crippen LogP) is 2.99. The van der Waals surface area contributed by atoms with Crippen molar-refractivity contribution in [1.82, 2.24) is 9.97 Å². The van der Waals surface area contributed by atoms with Gasteiger partial charge in [0, 0.05) is 6.20 Å². The van der Waals surface area contributed by atoms with Crippen LogP contribution in [0.3, 0.4) is 0 Å². The molecule has 0 aliphatic heterocycles.